The summed E-state index contributed by atoms with van der Waals surface area (Å²) in [5, 5.41) is 33.0. The predicted octanol–water partition coefficient (Wildman–Crippen LogP) is 2.91. The number of nitrogens with zero attached hydrogens (tertiary/aromatic N) is 8. The van der Waals surface area contributed by atoms with E-state index in [0.29, 0.717) is 0 Å². The lowest BCUT2D eigenvalue weighted by Gasteiger charge is -2.28. The van der Waals surface area contributed by atoms with E-state index in [0.717, 1.165) is 27.3 Å². The zero-order chi connectivity index (χ0) is 26.7. The minimum Gasteiger partial charge on any atom is -0.393 e. The molecule has 2 amide bonds. The second kappa shape index (κ2) is 8.79. The van der Waals surface area contributed by atoms with Gasteiger partial charge in [0.05, 0.1) is 47.3 Å². The second-order valence-corrected chi connectivity index (χ2v) is 9.16. The van der Waals surface area contributed by atoms with Crippen molar-refractivity contribution in [2.75, 3.05) is 23.4 Å². The highest BCUT2D eigenvalue weighted by atomic mass is 35.5. The maximum absolute atomic E-state index is 14.2. The number of urea groups is 1. The Hall–Kier alpha value is -3.53. The van der Waals surface area contributed by atoms with Gasteiger partial charge in [0.2, 0.25) is 0 Å². The number of carbonyl (C=O) groups is 1. The molecule has 194 valence electrons. The zero-order valence-corrected chi connectivity index (χ0v) is 20.2. The van der Waals surface area contributed by atoms with Crippen LogP contribution in [0, 0.1) is 0 Å². The molecule has 0 fully saturated rings. The van der Waals surface area contributed by atoms with Crippen LogP contribution in [0.3, 0.4) is 0 Å². The summed E-state index contributed by atoms with van der Waals surface area (Å²) in [5.74, 6) is 0.0503. The second-order valence-electron chi connectivity index (χ2n) is 8.36. The monoisotopic (exact) mass is 557 g/mol. The Bertz CT molecular complexity index is 1530. The van der Waals surface area contributed by atoms with Crippen molar-refractivity contribution in [3.05, 3.63) is 52.3 Å². The van der Waals surface area contributed by atoms with Crippen LogP contribution in [0.1, 0.15) is 24.4 Å². The van der Waals surface area contributed by atoms with Gasteiger partial charge in [0.15, 0.2) is 16.6 Å². The Morgan fingerprint density at radius 2 is 1.97 bits per heavy atom. The van der Waals surface area contributed by atoms with E-state index in [-0.39, 0.29) is 44.4 Å². The van der Waals surface area contributed by atoms with E-state index in [1.54, 1.807) is 0 Å². The molecule has 4 aromatic heterocycles. The molecule has 0 bridgehead atoms. The van der Waals surface area contributed by atoms with E-state index < -0.39 is 36.9 Å². The van der Waals surface area contributed by atoms with Gasteiger partial charge < -0.3 is 15.5 Å². The fourth-order valence-electron chi connectivity index (χ4n) is 3.95. The Morgan fingerprint density at radius 1 is 1.22 bits per heavy atom. The van der Waals surface area contributed by atoms with Gasteiger partial charge in [0.25, 0.3) is 0 Å². The topological polar surface area (TPSA) is 147 Å². The highest BCUT2D eigenvalue weighted by Crippen LogP contribution is 2.50. The number of aliphatic hydroxyl groups excluding tert-OH is 2. The van der Waals surface area contributed by atoms with E-state index in [1.165, 1.54) is 24.5 Å². The molecule has 0 saturated heterocycles. The third kappa shape index (κ3) is 4.13. The lowest BCUT2D eigenvalue weighted by atomic mass is 9.88. The molecule has 12 nitrogen and oxygen atoms in total. The summed E-state index contributed by atoms with van der Waals surface area (Å²) in [6.45, 7) is -0.324. The van der Waals surface area contributed by atoms with E-state index in [9.17, 15) is 23.1 Å². The van der Waals surface area contributed by atoms with Crippen LogP contribution in [0.5, 0.6) is 0 Å². The molecule has 3 N–H and O–H groups in total. The summed E-state index contributed by atoms with van der Waals surface area (Å²) in [7, 11) is 0. The number of aliphatic hydroxyl groups is 2. The van der Waals surface area contributed by atoms with Crippen LogP contribution < -0.4 is 10.2 Å². The molecule has 5 rings (SSSR count). The van der Waals surface area contributed by atoms with Gasteiger partial charge in [-0.25, -0.2) is 19.3 Å². The molecule has 37 heavy (non-hydrogen) atoms. The minimum atomic E-state index is -4.73. The van der Waals surface area contributed by atoms with Crippen LogP contribution >= 0.6 is 23.2 Å². The van der Waals surface area contributed by atoms with Gasteiger partial charge in [-0.1, -0.05) is 23.2 Å². The molecular weight excluding hydrogens is 542 g/mol. The molecule has 0 unspecified atom stereocenters. The molecule has 1 aliphatic heterocycles. The molecule has 4 aromatic rings. The SMILES string of the molecule is C[C@@]1(C(F)(F)F)CN(C(=O)Nc2cnc(-n3ncc([C@@H](O)CO)n3)c(Cl)c2)c2cnc3cc(Cl)nn3c21. The molecule has 1 aliphatic rings. The molecule has 2 atom stereocenters. The van der Waals surface area contributed by atoms with Gasteiger partial charge in [-0.05, 0) is 13.0 Å². The maximum atomic E-state index is 14.2. The van der Waals surface area contributed by atoms with Crippen LogP contribution in [0.2, 0.25) is 10.2 Å². The number of aromatic nitrogens is 7. The van der Waals surface area contributed by atoms with Gasteiger partial charge >= 0.3 is 12.2 Å². The van der Waals surface area contributed by atoms with Gasteiger partial charge in [-0.15, -0.1) is 9.90 Å². The molecule has 0 radical (unpaired) electrons. The van der Waals surface area contributed by atoms with Crippen molar-refractivity contribution in [1.82, 2.24) is 34.6 Å². The average molecular weight is 558 g/mol. The third-order valence-electron chi connectivity index (χ3n) is 5.88. The summed E-state index contributed by atoms with van der Waals surface area (Å²) < 4.78 is 43.7. The number of nitrogens with one attached hydrogen (secondary N) is 1. The summed E-state index contributed by atoms with van der Waals surface area (Å²) >= 11 is 12.2. The number of rotatable bonds is 4. The summed E-state index contributed by atoms with van der Waals surface area (Å²) in [4.78, 5) is 23.2. The smallest absolute Gasteiger partial charge is 0.393 e. The Morgan fingerprint density at radius 3 is 2.65 bits per heavy atom. The fourth-order valence-corrected chi connectivity index (χ4v) is 4.37. The number of alkyl halides is 3. The van der Waals surface area contributed by atoms with Gasteiger partial charge in [0, 0.05) is 12.6 Å². The normalized spacial score (nSPS) is 18.3. The first kappa shape index (κ1) is 25.1. The van der Waals surface area contributed by atoms with Crippen molar-refractivity contribution in [1.29, 1.82) is 0 Å². The molecule has 0 spiro atoms. The zero-order valence-electron chi connectivity index (χ0n) is 18.6. The molecule has 0 aliphatic carbocycles. The van der Waals surface area contributed by atoms with Gasteiger partial charge in [-0.3, -0.25) is 4.90 Å². The van der Waals surface area contributed by atoms with Gasteiger partial charge in [0.1, 0.15) is 17.2 Å². The fraction of sp³-hybridized carbons (Fsp3) is 0.300. The molecule has 17 heteroatoms. The maximum Gasteiger partial charge on any atom is 0.401 e. The number of halogens is 5. The lowest BCUT2D eigenvalue weighted by Crippen LogP contribution is -2.46. The Balaban J connectivity index is 1.45. The lowest BCUT2D eigenvalue weighted by molar-refractivity contribution is -0.181. The average Bonchev–Trinajstić information content (AvgIpc) is 3.53. The van der Waals surface area contributed by atoms with Crippen LogP contribution in [-0.2, 0) is 5.41 Å². The number of amides is 2. The number of anilines is 2. The van der Waals surface area contributed by atoms with Crippen LogP contribution in [0.4, 0.5) is 29.3 Å². The van der Waals surface area contributed by atoms with Crippen molar-refractivity contribution in [2.45, 2.75) is 24.6 Å². The van der Waals surface area contributed by atoms with Crippen molar-refractivity contribution in [3.8, 4) is 5.82 Å². The van der Waals surface area contributed by atoms with Crippen molar-refractivity contribution >= 4 is 46.3 Å². The van der Waals surface area contributed by atoms with E-state index >= 15 is 0 Å². The standard InChI is InChI=1S/C20H16Cl2F3N9O3/c1-19(20(23,24)25)8-32(12-6-26-15-3-14(22)31-33(15)16(12)19)18(37)29-9-2-10(21)17(27-4-9)34-28-5-11(30-34)13(36)7-35/h2-6,13,35-36H,7-8H2,1H3,(H,29,37)/t13-,19+/m0/s1. The van der Waals surface area contributed by atoms with Crippen LogP contribution in [0.25, 0.3) is 11.5 Å². The first-order chi connectivity index (χ1) is 17.4. The summed E-state index contributed by atoms with van der Waals surface area (Å²) in [5.41, 5.74) is -2.55. The van der Waals surface area contributed by atoms with E-state index in [2.05, 4.69) is 30.6 Å². The van der Waals surface area contributed by atoms with E-state index in [1.807, 2.05) is 0 Å². The molecule has 0 aromatic carbocycles. The van der Waals surface area contributed by atoms with Crippen LogP contribution in [-0.4, -0.2) is 70.1 Å². The third-order valence-corrected chi connectivity index (χ3v) is 6.34. The number of hydrogen-bond donors (Lipinski definition) is 3. The predicted molar refractivity (Wildman–Crippen MR) is 124 cm³/mol. The first-order valence-electron chi connectivity index (χ1n) is 10.5. The quantitative estimate of drug-likeness (QED) is 0.347. The van der Waals surface area contributed by atoms with Gasteiger partial charge in [-0.2, -0.15) is 23.4 Å². The minimum absolute atomic E-state index is 0.00468. The number of pyridine rings is 1. The highest BCUT2D eigenvalue weighted by Gasteiger charge is 2.60. The number of fused-ring (bicyclic) bond motifs is 3. The van der Waals surface area contributed by atoms with E-state index in [4.69, 9.17) is 28.3 Å². The number of hydrogen-bond acceptors (Lipinski definition) is 8. The summed E-state index contributed by atoms with van der Waals surface area (Å²) in [6, 6.07) is 1.74. The molecular formula is C20H16Cl2F3N9O3. The highest BCUT2D eigenvalue weighted by molar-refractivity contribution is 6.32. The first-order valence-corrected chi connectivity index (χ1v) is 11.3. The van der Waals surface area contributed by atoms with Crippen molar-refractivity contribution < 1.29 is 28.2 Å². The summed E-state index contributed by atoms with van der Waals surface area (Å²) in [6.07, 6.45) is -2.39. The molecule has 0 saturated carbocycles. The number of carbonyl (C=O) groups excluding carboxylic acids is 1. The van der Waals surface area contributed by atoms with Crippen molar-refractivity contribution in [2.24, 2.45) is 0 Å². The Kier molecular flexibility index (Phi) is 5.97. The van der Waals surface area contributed by atoms with Crippen molar-refractivity contribution in [3.63, 3.8) is 0 Å². The van der Waals surface area contributed by atoms with Crippen LogP contribution in [0.15, 0.2) is 30.7 Å². The Labute approximate surface area is 215 Å². The molecule has 5 heterocycles. The largest absolute Gasteiger partial charge is 0.401 e.